The Labute approximate surface area is 100 Å². The number of hydrogen-bond acceptors (Lipinski definition) is 2. The Balaban J connectivity index is 0.00000106. The van der Waals surface area contributed by atoms with Gasteiger partial charge < -0.3 is 9.64 Å². The van der Waals surface area contributed by atoms with Gasteiger partial charge in [0.2, 0.25) is 0 Å². The maximum absolute atomic E-state index is 5.57. The molecule has 0 aromatic heterocycles. The lowest BCUT2D eigenvalue weighted by atomic mass is 10.2. The molecule has 0 aliphatic heterocycles. The summed E-state index contributed by atoms with van der Waals surface area (Å²) in [6.45, 7) is 7.86. The molecule has 16 heavy (non-hydrogen) atoms. The number of benzene rings is 1. The fraction of sp³-hybridized carbons (Fsp3) is 0.571. The zero-order chi connectivity index (χ0) is 12.4. The molecule has 2 nitrogen and oxygen atoms in total. The number of ether oxygens (including phenoxy) is 1. The quantitative estimate of drug-likeness (QED) is 0.760. The molecule has 1 aromatic carbocycles. The van der Waals surface area contributed by atoms with Crippen LogP contribution >= 0.6 is 0 Å². The summed E-state index contributed by atoms with van der Waals surface area (Å²) in [5.41, 5.74) is 1.35. The van der Waals surface area contributed by atoms with Crippen LogP contribution in [-0.2, 0) is 6.42 Å². The van der Waals surface area contributed by atoms with E-state index >= 15 is 0 Å². The molecular formula is C14H25NO. The standard InChI is InChI=1S/C12H19NO.C2H6/c1-4-11-5-7-12(8-6-11)14-10-9-13(2)3;1-2/h5-8H,4,9-10H2,1-3H3;1-2H3. The molecule has 0 atom stereocenters. The van der Waals surface area contributed by atoms with Gasteiger partial charge in [0.25, 0.3) is 0 Å². The van der Waals surface area contributed by atoms with Gasteiger partial charge in [-0.25, -0.2) is 0 Å². The second-order valence-corrected chi connectivity index (χ2v) is 3.65. The van der Waals surface area contributed by atoms with E-state index in [1.54, 1.807) is 0 Å². The van der Waals surface area contributed by atoms with Crippen LogP contribution in [0.3, 0.4) is 0 Å². The lowest BCUT2D eigenvalue weighted by molar-refractivity contribution is 0.261. The molecular weight excluding hydrogens is 198 g/mol. The summed E-state index contributed by atoms with van der Waals surface area (Å²) >= 11 is 0. The van der Waals surface area contributed by atoms with Gasteiger partial charge in [0.1, 0.15) is 12.4 Å². The maximum Gasteiger partial charge on any atom is 0.119 e. The van der Waals surface area contributed by atoms with Gasteiger partial charge in [0.05, 0.1) is 0 Å². The molecule has 92 valence electrons. The first-order valence-corrected chi connectivity index (χ1v) is 6.09. The van der Waals surface area contributed by atoms with Gasteiger partial charge >= 0.3 is 0 Å². The molecule has 2 heteroatoms. The largest absolute Gasteiger partial charge is 0.492 e. The van der Waals surface area contributed by atoms with Crippen molar-refractivity contribution in [1.29, 1.82) is 0 Å². The van der Waals surface area contributed by atoms with Crippen molar-refractivity contribution in [2.75, 3.05) is 27.2 Å². The highest BCUT2D eigenvalue weighted by Gasteiger charge is 1.94. The monoisotopic (exact) mass is 223 g/mol. The van der Waals surface area contributed by atoms with Crippen molar-refractivity contribution in [3.8, 4) is 5.75 Å². The second-order valence-electron chi connectivity index (χ2n) is 3.65. The Kier molecular flexibility index (Phi) is 8.64. The predicted molar refractivity (Wildman–Crippen MR) is 71.2 cm³/mol. The number of hydrogen-bond donors (Lipinski definition) is 0. The van der Waals surface area contributed by atoms with Crippen molar-refractivity contribution in [3.63, 3.8) is 0 Å². The van der Waals surface area contributed by atoms with Gasteiger partial charge in [0.15, 0.2) is 0 Å². The average molecular weight is 223 g/mol. The average Bonchev–Trinajstić information content (AvgIpc) is 2.32. The minimum Gasteiger partial charge on any atom is -0.492 e. The van der Waals surface area contributed by atoms with Crippen molar-refractivity contribution in [1.82, 2.24) is 4.90 Å². The van der Waals surface area contributed by atoms with Crippen LogP contribution in [0.4, 0.5) is 0 Å². The summed E-state index contributed by atoms with van der Waals surface area (Å²) in [5, 5.41) is 0. The zero-order valence-corrected chi connectivity index (χ0v) is 11.3. The van der Waals surface area contributed by atoms with E-state index in [4.69, 9.17) is 4.74 Å². The van der Waals surface area contributed by atoms with E-state index in [9.17, 15) is 0 Å². The summed E-state index contributed by atoms with van der Waals surface area (Å²) in [7, 11) is 4.09. The Morgan fingerprint density at radius 2 is 1.62 bits per heavy atom. The van der Waals surface area contributed by atoms with Crippen LogP contribution in [0.15, 0.2) is 24.3 Å². The van der Waals surface area contributed by atoms with Gasteiger partial charge in [-0.1, -0.05) is 32.9 Å². The third-order valence-corrected chi connectivity index (χ3v) is 2.14. The van der Waals surface area contributed by atoms with Crippen molar-refractivity contribution in [2.24, 2.45) is 0 Å². The summed E-state index contributed by atoms with van der Waals surface area (Å²) < 4.78 is 5.57. The first-order chi connectivity index (χ1) is 7.72. The smallest absolute Gasteiger partial charge is 0.119 e. The summed E-state index contributed by atoms with van der Waals surface area (Å²) in [4.78, 5) is 2.11. The van der Waals surface area contributed by atoms with Gasteiger partial charge in [-0.3, -0.25) is 0 Å². The van der Waals surface area contributed by atoms with Gasteiger partial charge in [-0.05, 0) is 38.2 Å². The molecule has 0 bridgehead atoms. The molecule has 0 saturated heterocycles. The second kappa shape index (κ2) is 9.22. The Morgan fingerprint density at radius 1 is 1.06 bits per heavy atom. The molecule has 0 N–H and O–H groups in total. The van der Waals surface area contributed by atoms with E-state index in [0.29, 0.717) is 0 Å². The van der Waals surface area contributed by atoms with E-state index in [2.05, 4.69) is 24.0 Å². The van der Waals surface area contributed by atoms with Crippen LogP contribution in [0.5, 0.6) is 5.75 Å². The van der Waals surface area contributed by atoms with E-state index in [-0.39, 0.29) is 0 Å². The lowest BCUT2D eigenvalue weighted by Crippen LogP contribution is -2.19. The predicted octanol–water partition coefficient (Wildman–Crippen LogP) is 3.22. The Morgan fingerprint density at radius 3 is 2.06 bits per heavy atom. The first-order valence-electron chi connectivity index (χ1n) is 6.09. The summed E-state index contributed by atoms with van der Waals surface area (Å²) in [5.74, 6) is 0.962. The van der Waals surface area contributed by atoms with Crippen LogP contribution in [0.25, 0.3) is 0 Å². The molecule has 0 aliphatic rings. The highest BCUT2D eigenvalue weighted by molar-refractivity contribution is 5.27. The minimum atomic E-state index is 0.748. The molecule has 0 spiro atoms. The van der Waals surface area contributed by atoms with Crippen LogP contribution < -0.4 is 4.74 Å². The summed E-state index contributed by atoms with van der Waals surface area (Å²) in [6.07, 6.45) is 1.08. The van der Waals surface area contributed by atoms with Crippen molar-refractivity contribution in [2.45, 2.75) is 27.2 Å². The SMILES string of the molecule is CC.CCc1ccc(OCCN(C)C)cc1. The van der Waals surface area contributed by atoms with Gasteiger partial charge in [0, 0.05) is 6.54 Å². The van der Waals surface area contributed by atoms with Crippen LogP contribution in [0, 0.1) is 0 Å². The fourth-order valence-electron chi connectivity index (χ4n) is 1.17. The van der Waals surface area contributed by atoms with Crippen LogP contribution in [0.2, 0.25) is 0 Å². The summed E-state index contributed by atoms with van der Waals surface area (Å²) in [6, 6.07) is 8.30. The molecule has 1 aromatic rings. The van der Waals surface area contributed by atoms with Crippen LogP contribution in [0.1, 0.15) is 26.3 Å². The molecule has 0 fully saturated rings. The third kappa shape index (κ3) is 6.46. The van der Waals surface area contributed by atoms with Crippen molar-refractivity contribution >= 4 is 0 Å². The van der Waals surface area contributed by atoms with E-state index in [1.165, 1.54) is 5.56 Å². The number of nitrogens with zero attached hydrogens (tertiary/aromatic N) is 1. The number of aryl methyl sites for hydroxylation is 1. The van der Waals surface area contributed by atoms with Crippen molar-refractivity contribution < 1.29 is 4.74 Å². The first kappa shape index (κ1) is 15.0. The van der Waals surface area contributed by atoms with Gasteiger partial charge in [-0.15, -0.1) is 0 Å². The third-order valence-electron chi connectivity index (χ3n) is 2.14. The highest BCUT2D eigenvalue weighted by atomic mass is 16.5. The Hall–Kier alpha value is -1.02. The highest BCUT2D eigenvalue weighted by Crippen LogP contribution is 2.12. The van der Waals surface area contributed by atoms with Gasteiger partial charge in [-0.2, -0.15) is 0 Å². The molecule has 0 saturated carbocycles. The van der Waals surface area contributed by atoms with Crippen LogP contribution in [-0.4, -0.2) is 32.1 Å². The lowest BCUT2D eigenvalue weighted by Gasteiger charge is -2.11. The molecule has 0 heterocycles. The van der Waals surface area contributed by atoms with E-state index < -0.39 is 0 Å². The normalized spacial score (nSPS) is 9.62. The number of rotatable bonds is 5. The fourth-order valence-corrected chi connectivity index (χ4v) is 1.17. The van der Waals surface area contributed by atoms with Crippen molar-refractivity contribution in [3.05, 3.63) is 29.8 Å². The zero-order valence-electron chi connectivity index (χ0n) is 11.3. The topological polar surface area (TPSA) is 12.5 Å². The molecule has 0 radical (unpaired) electrons. The van der Waals surface area contributed by atoms with E-state index in [1.807, 2.05) is 40.1 Å². The molecule has 0 unspecified atom stereocenters. The molecule has 1 rings (SSSR count). The van der Waals surface area contributed by atoms with E-state index in [0.717, 1.165) is 25.3 Å². The minimum absolute atomic E-state index is 0.748. The number of likely N-dealkylation sites (N-methyl/N-ethyl adjacent to an activating group) is 1. The Bertz CT molecular complexity index is 254. The maximum atomic E-state index is 5.57. The molecule has 0 aliphatic carbocycles. The molecule has 0 amide bonds.